The Bertz CT molecular complexity index is 1120. The van der Waals surface area contributed by atoms with Crippen LogP contribution in [0.1, 0.15) is 0 Å². The van der Waals surface area contributed by atoms with E-state index >= 15 is 0 Å². The topological polar surface area (TPSA) is 81.1 Å². The molecule has 2 aromatic carbocycles. The Labute approximate surface area is 154 Å². The van der Waals surface area contributed by atoms with Crippen molar-refractivity contribution in [3.8, 4) is 11.3 Å². The van der Waals surface area contributed by atoms with E-state index in [9.17, 15) is 22.0 Å². The fourth-order valence-electron chi connectivity index (χ4n) is 2.43. The minimum Gasteiger partial charge on any atom is -0.298 e. The summed E-state index contributed by atoms with van der Waals surface area (Å²) in [7, 11) is -4.17. The highest BCUT2D eigenvalue weighted by molar-refractivity contribution is 7.89. The van der Waals surface area contributed by atoms with Gasteiger partial charge in [-0.2, -0.15) is 0 Å². The van der Waals surface area contributed by atoms with Crippen LogP contribution in [0.2, 0.25) is 0 Å². The average Bonchev–Trinajstić information content (AvgIpc) is 2.63. The van der Waals surface area contributed by atoms with E-state index in [1.807, 2.05) is 30.3 Å². The first-order valence-electron chi connectivity index (χ1n) is 7.93. The zero-order valence-electron chi connectivity index (χ0n) is 14.0. The van der Waals surface area contributed by atoms with Gasteiger partial charge >= 0.3 is 0 Å². The third-order valence-corrected chi connectivity index (χ3v) is 5.27. The van der Waals surface area contributed by atoms with E-state index in [0.717, 1.165) is 17.7 Å². The fourth-order valence-corrected chi connectivity index (χ4v) is 3.51. The number of benzene rings is 2. The van der Waals surface area contributed by atoms with E-state index in [4.69, 9.17) is 0 Å². The van der Waals surface area contributed by atoms with Crippen LogP contribution < -0.4 is 10.3 Å². The van der Waals surface area contributed by atoms with Crippen LogP contribution in [-0.2, 0) is 16.6 Å². The molecule has 1 heterocycles. The van der Waals surface area contributed by atoms with Crippen molar-refractivity contribution in [2.45, 2.75) is 11.4 Å². The lowest BCUT2D eigenvalue weighted by Gasteiger charge is -2.09. The highest BCUT2D eigenvalue weighted by Gasteiger charge is 2.19. The van der Waals surface area contributed by atoms with Gasteiger partial charge in [0, 0.05) is 30.8 Å². The van der Waals surface area contributed by atoms with Gasteiger partial charge in [0.05, 0.1) is 12.0 Å². The van der Waals surface area contributed by atoms with Crippen molar-refractivity contribution in [3.05, 3.63) is 82.9 Å². The lowest BCUT2D eigenvalue weighted by Crippen LogP contribution is -2.31. The maximum absolute atomic E-state index is 13.6. The highest BCUT2D eigenvalue weighted by Crippen LogP contribution is 2.15. The number of halogens is 2. The molecule has 3 aromatic rings. The summed E-state index contributed by atoms with van der Waals surface area (Å²) in [6.45, 7) is -0.158. The maximum Gasteiger partial charge on any atom is 0.253 e. The van der Waals surface area contributed by atoms with E-state index in [-0.39, 0.29) is 18.6 Å². The zero-order chi connectivity index (χ0) is 19.4. The molecule has 0 unspecified atom stereocenters. The molecule has 27 heavy (non-hydrogen) atoms. The lowest BCUT2D eigenvalue weighted by molar-refractivity contribution is 0.539. The van der Waals surface area contributed by atoms with E-state index in [1.54, 1.807) is 0 Å². The Hall–Kier alpha value is -2.91. The molecule has 1 N–H and O–H groups in total. The summed E-state index contributed by atoms with van der Waals surface area (Å²) in [5.74, 6) is -2.06. The molecule has 0 atom stereocenters. The van der Waals surface area contributed by atoms with Gasteiger partial charge in [-0.3, -0.25) is 9.36 Å². The summed E-state index contributed by atoms with van der Waals surface area (Å²) < 4.78 is 54.2. The Morgan fingerprint density at radius 3 is 2.44 bits per heavy atom. The molecule has 9 heteroatoms. The molecule has 6 nitrogen and oxygen atoms in total. The summed E-state index contributed by atoms with van der Waals surface area (Å²) in [5.41, 5.74) is 0.941. The first kappa shape index (κ1) is 18.9. The lowest BCUT2D eigenvalue weighted by atomic mass is 10.1. The molecule has 0 radical (unpaired) electrons. The van der Waals surface area contributed by atoms with E-state index in [1.165, 1.54) is 17.0 Å². The maximum atomic E-state index is 13.6. The molecule has 0 bridgehead atoms. The zero-order valence-corrected chi connectivity index (χ0v) is 14.8. The second-order valence-corrected chi connectivity index (χ2v) is 7.38. The molecule has 0 spiro atoms. The molecule has 0 aliphatic carbocycles. The Morgan fingerprint density at radius 1 is 1.04 bits per heavy atom. The molecular formula is C18H15F2N3O3S. The average molecular weight is 391 g/mol. The number of rotatable bonds is 6. The Kier molecular flexibility index (Phi) is 5.43. The summed E-state index contributed by atoms with van der Waals surface area (Å²) in [5, 5.41) is 0. The second kappa shape index (κ2) is 7.77. The number of hydrogen-bond donors (Lipinski definition) is 1. The van der Waals surface area contributed by atoms with Crippen molar-refractivity contribution in [2.75, 3.05) is 6.54 Å². The van der Waals surface area contributed by atoms with Crippen molar-refractivity contribution >= 4 is 10.0 Å². The van der Waals surface area contributed by atoms with Gasteiger partial charge in [0.15, 0.2) is 0 Å². The Morgan fingerprint density at radius 2 is 1.78 bits per heavy atom. The fraction of sp³-hybridized carbons (Fsp3) is 0.111. The van der Waals surface area contributed by atoms with Gasteiger partial charge < -0.3 is 0 Å². The van der Waals surface area contributed by atoms with E-state index in [2.05, 4.69) is 9.71 Å². The standard InChI is InChI=1S/C18H15F2N3O3S/c19-14-6-7-17(15(20)10-14)27(25,26)22-8-9-23-12-21-16(11-18(23)24)13-4-2-1-3-5-13/h1-7,10-12,22H,8-9H2. The van der Waals surface area contributed by atoms with Gasteiger partial charge in [-0.25, -0.2) is 26.9 Å². The van der Waals surface area contributed by atoms with Crippen LogP contribution in [0.3, 0.4) is 0 Å². The first-order chi connectivity index (χ1) is 12.9. The largest absolute Gasteiger partial charge is 0.298 e. The van der Waals surface area contributed by atoms with Crippen LogP contribution in [-0.4, -0.2) is 24.5 Å². The summed E-state index contributed by atoms with van der Waals surface area (Å²) in [4.78, 5) is 15.7. The predicted molar refractivity (Wildman–Crippen MR) is 95.5 cm³/mol. The molecule has 0 fully saturated rings. The van der Waals surface area contributed by atoms with Crippen molar-refractivity contribution in [3.63, 3.8) is 0 Å². The third-order valence-electron chi connectivity index (χ3n) is 3.78. The van der Waals surface area contributed by atoms with Gasteiger partial charge in [0.2, 0.25) is 10.0 Å². The number of nitrogens with one attached hydrogen (secondary N) is 1. The smallest absolute Gasteiger partial charge is 0.253 e. The highest BCUT2D eigenvalue weighted by atomic mass is 32.2. The third kappa shape index (κ3) is 4.44. The second-order valence-electron chi connectivity index (χ2n) is 5.64. The monoisotopic (exact) mass is 391 g/mol. The first-order valence-corrected chi connectivity index (χ1v) is 9.42. The molecule has 0 aliphatic heterocycles. The molecule has 1 aromatic heterocycles. The van der Waals surface area contributed by atoms with Gasteiger partial charge in [-0.05, 0) is 12.1 Å². The normalized spacial score (nSPS) is 11.5. The van der Waals surface area contributed by atoms with Crippen LogP contribution in [0.25, 0.3) is 11.3 Å². The Balaban J connectivity index is 1.69. The van der Waals surface area contributed by atoms with Gasteiger partial charge in [0.25, 0.3) is 5.56 Å². The molecule has 0 amide bonds. The molecular weight excluding hydrogens is 376 g/mol. The SMILES string of the molecule is O=c1cc(-c2ccccc2)ncn1CCNS(=O)(=O)c1ccc(F)cc1F. The predicted octanol–water partition coefficient (Wildman–Crippen LogP) is 2.17. The van der Waals surface area contributed by atoms with Crippen LogP contribution in [0.5, 0.6) is 0 Å². The van der Waals surface area contributed by atoms with E-state index in [0.29, 0.717) is 11.8 Å². The van der Waals surface area contributed by atoms with Crippen LogP contribution in [0.4, 0.5) is 8.78 Å². The minimum absolute atomic E-state index is 0.00292. The number of aromatic nitrogens is 2. The van der Waals surface area contributed by atoms with Crippen molar-refractivity contribution in [1.82, 2.24) is 14.3 Å². The van der Waals surface area contributed by atoms with Crippen LogP contribution >= 0.6 is 0 Å². The van der Waals surface area contributed by atoms with Crippen LogP contribution in [0.15, 0.2) is 70.6 Å². The molecule has 0 aliphatic rings. The van der Waals surface area contributed by atoms with Crippen molar-refractivity contribution < 1.29 is 17.2 Å². The molecule has 0 saturated carbocycles. The quantitative estimate of drug-likeness (QED) is 0.698. The van der Waals surface area contributed by atoms with Crippen molar-refractivity contribution in [2.24, 2.45) is 0 Å². The number of sulfonamides is 1. The minimum atomic E-state index is -4.17. The van der Waals surface area contributed by atoms with E-state index < -0.39 is 26.6 Å². The summed E-state index contributed by atoms with van der Waals surface area (Å²) in [6, 6.07) is 12.7. The van der Waals surface area contributed by atoms with Crippen LogP contribution in [0, 0.1) is 11.6 Å². The summed E-state index contributed by atoms with van der Waals surface area (Å²) >= 11 is 0. The van der Waals surface area contributed by atoms with Gasteiger partial charge in [-0.15, -0.1) is 0 Å². The van der Waals surface area contributed by atoms with Gasteiger partial charge in [0.1, 0.15) is 16.5 Å². The molecule has 3 rings (SSSR count). The molecule has 0 saturated heterocycles. The van der Waals surface area contributed by atoms with Gasteiger partial charge in [-0.1, -0.05) is 30.3 Å². The van der Waals surface area contributed by atoms with Crippen molar-refractivity contribution in [1.29, 1.82) is 0 Å². The molecule has 140 valence electrons. The summed E-state index contributed by atoms with van der Waals surface area (Å²) in [6.07, 6.45) is 1.32. The number of nitrogens with zero attached hydrogens (tertiary/aromatic N) is 2. The number of hydrogen-bond acceptors (Lipinski definition) is 4.